The zero-order valence-corrected chi connectivity index (χ0v) is 33.9. The van der Waals surface area contributed by atoms with Crippen LogP contribution in [0.3, 0.4) is 0 Å². The van der Waals surface area contributed by atoms with Crippen LogP contribution in [0, 0.1) is 6.92 Å². The summed E-state index contributed by atoms with van der Waals surface area (Å²) >= 11 is 0. The van der Waals surface area contributed by atoms with Crippen molar-refractivity contribution in [2.45, 2.75) is 98.3 Å². The molecule has 0 fully saturated rings. The first-order chi connectivity index (χ1) is 25.0. The summed E-state index contributed by atoms with van der Waals surface area (Å²) in [6.45, 7) is 19.5. The number of carbonyl (C=O) groups excluding carboxylic acids is 2. The standard InChI is InChI=1S/C43H58N4O5S/c1-10-42(5,6)31-20-23-39(35(28-31)43(7,8)11-2)52-26-16-15-19-40(48)46-38-29-37(33-17-13-14-18-34(33)41(38)49)45-36-22-21-32(27-30(36)4)47(12-3)25-24-44-53(9,50)51/h13-14,17-18,20-23,27-29,44H,10-12,15-16,19,24-26H2,1-9H3,(H,46,48). The van der Waals surface area contributed by atoms with Gasteiger partial charge in [0.25, 0.3) is 0 Å². The van der Waals surface area contributed by atoms with Gasteiger partial charge in [0.05, 0.1) is 30.0 Å². The van der Waals surface area contributed by atoms with E-state index in [0.29, 0.717) is 55.9 Å². The summed E-state index contributed by atoms with van der Waals surface area (Å²) in [5, 5.41) is 2.87. The van der Waals surface area contributed by atoms with Gasteiger partial charge in [-0.05, 0) is 91.8 Å². The summed E-state index contributed by atoms with van der Waals surface area (Å²) in [6.07, 6.45) is 6.42. The highest BCUT2D eigenvalue weighted by atomic mass is 32.2. The SMILES string of the molecule is CCN(CCNS(C)(=O)=O)c1ccc(N=C2C=C(NC(=O)CCCCOc3ccc(C(C)(C)CC)cc3C(C)(C)CC)C(=O)c3ccccc32)c(C)c1. The Kier molecular flexibility index (Phi) is 13.8. The molecule has 53 heavy (non-hydrogen) atoms. The maximum atomic E-state index is 13.5. The molecular weight excluding hydrogens is 685 g/mol. The summed E-state index contributed by atoms with van der Waals surface area (Å²) in [6, 6.07) is 19.8. The molecule has 0 spiro atoms. The van der Waals surface area contributed by atoms with Crippen LogP contribution in [0.5, 0.6) is 5.75 Å². The molecule has 0 saturated heterocycles. The quantitative estimate of drug-likeness (QED) is 0.127. The van der Waals surface area contributed by atoms with Crippen LogP contribution in [0.2, 0.25) is 0 Å². The van der Waals surface area contributed by atoms with Gasteiger partial charge in [-0.25, -0.2) is 18.1 Å². The molecule has 0 bridgehead atoms. The zero-order chi connectivity index (χ0) is 39.0. The molecule has 4 rings (SSSR count). The number of ether oxygens (including phenoxy) is 1. The van der Waals surface area contributed by atoms with Crippen LogP contribution < -0.4 is 19.7 Å². The molecule has 9 nitrogen and oxygen atoms in total. The lowest BCUT2D eigenvalue weighted by atomic mass is 9.76. The number of nitrogens with zero attached hydrogens (tertiary/aromatic N) is 2. The maximum absolute atomic E-state index is 13.5. The molecule has 1 aliphatic rings. The van der Waals surface area contributed by atoms with E-state index in [1.165, 1.54) is 11.1 Å². The third-order valence-corrected chi connectivity index (χ3v) is 11.2. The lowest BCUT2D eigenvalue weighted by molar-refractivity contribution is -0.120. The molecule has 0 unspecified atom stereocenters. The largest absolute Gasteiger partial charge is 0.493 e. The Morgan fingerprint density at radius 2 is 1.60 bits per heavy atom. The second-order valence-corrected chi connectivity index (χ2v) is 17.0. The molecule has 2 N–H and O–H groups in total. The van der Waals surface area contributed by atoms with Gasteiger partial charge >= 0.3 is 0 Å². The van der Waals surface area contributed by atoms with Crippen molar-refractivity contribution in [3.8, 4) is 5.75 Å². The second-order valence-electron chi connectivity index (χ2n) is 15.2. The highest BCUT2D eigenvalue weighted by molar-refractivity contribution is 7.88. The Morgan fingerprint density at radius 3 is 2.25 bits per heavy atom. The molecule has 1 amide bonds. The number of likely N-dealkylation sites (N-methyl/N-ethyl adjacent to an activating group) is 1. The topological polar surface area (TPSA) is 117 Å². The number of allylic oxidation sites excluding steroid dienone is 2. The number of aliphatic imine (C=N–C) groups is 1. The van der Waals surface area contributed by atoms with Crippen molar-refractivity contribution in [3.63, 3.8) is 0 Å². The van der Waals surface area contributed by atoms with Gasteiger partial charge in [0.2, 0.25) is 21.7 Å². The van der Waals surface area contributed by atoms with E-state index in [2.05, 4.69) is 74.7 Å². The van der Waals surface area contributed by atoms with Crippen LogP contribution in [0.4, 0.5) is 11.4 Å². The maximum Gasteiger partial charge on any atom is 0.224 e. The summed E-state index contributed by atoms with van der Waals surface area (Å²) in [7, 11) is -3.27. The van der Waals surface area contributed by atoms with Crippen LogP contribution in [0.1, 0.15) is 113 Å². The van der Waals surface area contributed by atoms with E-state index in [1.54, 1.807) is 12.1 Å². The van der Waals surface area contributed by atoms with Gasteiger partial charge in [-0.2, -0.15) is 0 Å². The van der Waals surface area contributed by atoms with E-state index in [4.69, 9.17) is 9.73 Å². The number of ketones is 1. The fourth-order valence-corrected chi connectivity index (χ4v) is 6.69. The molecule has 1 aliphatic carbocycles. The molecule has 10 heteroatoms. The van der Waals surface area contributed by atoms with Crippen molar-refractivity contribution >= 4 is 38.8 Å². The van der Waals surface area contributed by atoms with Crippen molar-refractivity contribution in [1.82, 2.24) is 10.0 Å². The van der Waals surface area contributed by atoms with Gasteiger partial charge in [0.1, 0.15) is 5.75 Å². The Hall–Kier alpha value is -4.28. The molecule has 3 aromatic rings. The van der Waals surface area contributed by atoms with Crippen molar-refractivity contribution in [1.29, 1.82) is 0 Å². The summed E-state index contributed by atoms with van der Waals surface area (Å²) in [5.41, 5.74) is 7.17. The Bertz CT molecular complexity index is 1960. The predicted molar refractivity (Wildman–Crippen MR) is 218 cm³/mol. The van der Waals surface area contributed by atoms with Crippen molar-refractivity contribution in [3.05, 3.63) is 100 Å². The minimum atomic E-state index is -3.27. The predicted octanol–water partition coefficient (Wildman–Crippen LogP) is 8.31. The first kappa shape index (κ1) is 41.5. The Labute approximate surface area is 317 Å². The van der Waals surface area contributed by atoms with Gasteiger partial charge in [-0.1, -0.05) is 77.9 Å². The summed E-state index contributed by atoms with van der Waals surface area (Å²) < 4.78 is 31.9. The zero-order valence-electron chi connectivity index (χ0n) is 33.1. The Balaban J connectivity index is 1.43. The average molecular weight is 743 g/mol. The highest BCUT2D eigenvalue weighted by Gasteiger charge is 2.28. The minimum absolute atomic E-state index is 0.0325. The number of benzene rings is 3. The molecular formula is C43H58N4O5S. The van der Waals surface area contributed by atoms with Crippen molar-refractivity contribution in [2.24, 2.45) is 4.99 Å². The molecule has 0 aliphatic heterocycles. The number of nitrogens with one attached hydrogen (secondary N) is 2. The van der Waals surface area contributed by atoms with Crippen molar-refractivity contribution < 1.29 is 22.7 Å². The number of amides is 1. The molecule has 0 radical (unpaired) electrons. The number of Topliss-reactive ketones (excluding diaryl/α,β-unsaturated/α-hetero) is 1. The molecule has 3 aromatic carbocycles. The van der Waals surface area contributed by atoms with Crippen LogP contribution in [-0.4, -0.2) is 58.3 Å². The van der Waals surface area contributed by atoms with E-state index in [-0.39, 0.29) is 34.6 Å². The number of fused-ring (bicyclic) bond motifs is 1. The van der Waals surface area contributed by atoms with E-state index in [9.17, 15) is 18.0 Å². The number of hydrogen-bond acceptors (Lipinski definition) is 7. The first-order valence-electron chi connectivity index (χ1n) is 18.8. The number of carbonyl (C=O) groups is 2. The Morgan fingerprint density at radius 1 is 0.906 bits per heavy atom. The van der Waals surface area contributed by atoms with Crippen LogP contribution >= 0.6 is 0 Å². The van der Waals surface area contributed by atoms with Gasteiger partial charge in [-0.3, -0.25) is 9.59 Å². The second kappa shape index (κ2) is 17.7. The van der Waals surface area contributed by atoms with E-state index >= 15 is 0 Å². The molecule has 0 heterocycles. The highest BCUT2D eigenvalue weighted by Crippen LogP contribution is 2.38. The number of unbranched alkanes of at least 4 members (excludes halogenated alkanes) is 1. The normalized spacial score (nSPS) is 14.2. The van der Waals surface area contributed by atoms with Crippen LogP contribution in [0.15, 0.2) is 77.4 Å². The van der Waals surface area contributed by atoms with E-state index in [0.717, 1.165) is 41.8 Å². The summed E-state index contributed by atoms with van der Waals surface area (Å²) in [4.78, 5) is 33.7. The lowest BCUT2D eigenvalue weighted by Gasteiger charge is -2.30. The monoisotopic (exact) mass is 742 g/mol. The van der Waals surface area contributed by atoms with Crippen LogP contribution in [-0.2, 0) is 25.6 Å². The third-order valence-electron chi connectivity index (χ3n) is 10.5. The number of sulfonamides is 1. The fraction of sp³-hybridized carbons (Fsp3) is 0.465. The molecule has 286 valence electrons. The van der Waals surface area contributed by atoms with E-state index < -0.39 is 10.0 Å². The van der Waals surface area contributed by atoms with Gasteiger partial charge in [-0.15, -0.1) is 0 Å². The molecule has 0 aromatic heterocycles. The van der Waals surface area contributed by atoms with E-state index in [1.807, 2.05) is 50.2 Å². The minimum Gasteiger partial charge on any atom is -0.493 e. The van der Waals surface area contributed by atoms with Crippen LogP contribution in [0.25, 0.3) is 0 Å². The fourth-order valence-electron chi connectivity index (χ4n) is 6.22. The number of hydrogen-bond donors (Lipinski definition) is 2. The average Bonchev–Trinajstić information content (AvgIpc) is 3.12. The summed E-state index contributed by atoms with van der Waals surface area (Å²) in [5.74, 6) is 0.424. The number of aryl methyl sites for hydroxylation is 1. The smallest absolute Gasteiger partial charge is 0.224 e. The lowest BCUT2D eigenvalue weighted by Crippen LogP contribution is -2.34. The number of rotatable bonds is 18. The van der Waals surface area contributed by atoms with Gasteiger partial charge < -0.3 is 15.0 Å². The molecule has 0 saturated carbocycles. The molecule has 0 atom stereocenters. The van der Waals surface area contributed by atoms with Gasteiger partial charge in [0.15, 0.2) is 0 Å². The number of anilines is 1. The first-order valence-corrected chi connectivity index (χ1v) is 20.7. The third kappa shape index (κ3) is 10.9. The van der Waals surface area contributed by atoms with Crippen molar-refractivity contribution in [2.75, 3.05) is 37.4 Å². The van der Waals surface area contributed by atoms with Gasteiger partial charge in [0, 0.05) is 48.4 Å².